The maximum absolute atomic E-state index is 5.25. The van der Waals surface area contributed by atoms with Gasteiger partial charge in [0.25, 0.3) is 0 Å². The van der Waals surface area contributed by atoms with Gasteiger partial charge in [-0.15, -0.1) is 5.10 Å². The summed E-state index contributed by atoms with van der Waals surface area (Å²) in [4.78, 5) is 2.55. The maximum Gasteiger partial charge on any atom is 0.235 e. The van der Waals surface area contributed by atoms with Crippen LogP contribution in [0.15, 0.2) is 6.20 Å². The molecule has 0 bridgehead atoms. The molecule has 2 heterocycles. The number of hydrogen-bond donors (Lipinski definition) is 0. The Bertz CT molecular complexity index is 398. The molecule has 1 aromatic rings. The zero-order chi connectivity index (χ0) is 13.3. The molecule has 1 aliphatic heterocycles. The zero-order valence-corrected chi connectivity index (χ0v) is 12.2. The number of nitrogens with zero attached hydrogens (tertiary/aromatic N) is 3. The predicted octanol–water partition coefficient (Wildman–Crippen LogP) is 2.64. The number of rotatable bonds is 2. The molecule has 1 fully saturated rings. The molecule has 1 aromatic heterocycles. The summed E-state index contributed by atoms with van der Waals surface area (Å²) < 4.78 is 7.34. The van der Waals surface area contributed by atoms with Crippen LogP contribution in [-0.2, 0) is 0 Å². The first kappa shape index (κ1) is 13.4. The van der Waals surface area contributed by atoms with Crippen molar-refractivity contribution >= 4 is 0 Å². The smallest absolute Gasteiger partial charge is 0.235 e. The number of ether oxygens (including phenoxy) is 1. The van der Waals surface area contributed by atoms with Crippen molar-refractivity contribution in [3.05, 3.63) is 11.8 Å². The van der Waals surface area contributed by atoms with Gasteiger partial charge >= 0.3 is 0 Å². The third-order valence-corrected chi connectivity index (χ3v) is 3.85. The van der Waals surface area contributed by atoms with Gasteiger partial charge in [-0.1, -0.05) is 0 Å². The van der Waals surface area contributed by atoms with Gasteiger partial charge in [0.2, 0.25) is 5.88 Å². The van der Waals surface area contributed by atoms with Crippen LogP contribution in [0.1, 0.15) is 45.2 Å². The van der Waals surface area contributed by atoms with Crippen molar-refractivity contribution in [1.82, 2.24) is 14.7 Å². The molecule has 0 atom stereocenters. The molecule has 0 aliphatic carbocycles. The van der Waals surface area contributed by atoms with E-state index in [9.17, 15) is 0 Å². The second-order valence-electron chi connectivity index (χ2n) is 6.19. The van der Waals surface area contributed by atoms with Gasteiger partial charge in [-0.3, -0.25) is 9.58 Å². The predicted molar refractivity (Wildman–Crippen MR) is 73.1 cm³/mol. The highest BCUT2D eigenvalue weighted by atomic mass is 16.5. The highest BCUT2D eigenvalue weighted by Crippen LogP contribution is 2.28. The van der Waals surface area contributed by atoms with Gasteiger partial charge in [-0.05, 0) is 40.5 Å². The van der Waals surface area contributed by atoms with Crippen molar-refractivity contribution < 1.29 is 4.74 Å². The fourth-order valence-corrected chi connectivity index (χ4v) is 2.66. The lowest BCUT2D eigenvalue weighted by Crippen LogP contribution is -2.46. The summed E-state index contributed by atoms with van der Waals surface area (Å²) in [5.41, 5.74) is 1.40. The van der Waals surface area contributed by atoms with Crippen LogP contribution < -0.4 is 4.74 Å². The van der Waals surface area contributed by atoms with E-state index in [0.29, 0.717) is 6.04 Å². The number of aryl methyl sites for hydroxylation is 1. The van der Waals surface area contributed by atoms with Crippen LogP contribution in [0, 0.1) is 6.92 Å². The van der Waals surface area contributed by atoms with Gasteiger partial charge in [0.15, 0.2) is 0 Å². The summed E-state index contributed by atoms with van der Waals surface area (Å²) in [6.45, 7) is 11.2. The highest BCUT2D eigenvalue weighted by Gasteiger charge is 2.28. The Morgan fingerprint density at radius 1 is 1.28 bits per heavy atom. The third-order valence-electron chi connectivity index (χ3n) is 3.85. The number of hydrogen-bond acceptors (Lipinski definition) is 3. The van der Waals surface area contributed by atoms with Crippen LogP contribution in [0.5, 0.6) is 5.88 Å². The summed E-state index contributed by atoms with van der Waals surface area (Å²) >= 11 is 0. The Morgan fingerprint density at radius 2 is 1.89 bits per heavy atom. The fourth-order valence-electron chi connectivity index (χ4n) is 2.66. The molecular weight excluding hydrogens is 226 g/mol. The fraction of sp³-hybridized carbons (Fsp3) is 0.786. The van der Waals surface area contributed by atoms with Crippen LogP contribution in [0.2, 0.25) is 0 Å². The molecular formula is C14H25N3O. The first-order valence-corrected chi connectivity index (χ1v) is 6.76. The average Bonchev–Trinajstić information content (AvgIpc) is 2.69. The first-order chi connectivity index (χ1) is 8.41. The molecule has 0 radical (unpaired) electrons. The van der Waals surface area contributed by atoms with Gasteiger partial charge in [0.05, 0.1) is 13.2 Å². The number of methoxy groups -OCH3 is 1. The van der Waals surface area contributed by atoms with Gasteiger partial charge in [0, 0.05) is 30.4 Å². The normalized spacial score (nSPS) is 19.2. The summed E-state index contributed by atoms with van der Waals surface area (Å²) in [6, 6.07) is 0.520. The first-order valence-electron chi connectivity index (χ1n) is 6.76. The van der Waals surface area contributed by atoms with E-state index >= 15 is 0 Å². The molecule has 1 aliphatic rings. The van der Waals surface area contributed by atoms with E-state index in [1.807, 2.05) is 6.92 Å². The summed E-state index contributed by atoms with van der Waals surface area (Å²) in [5.74, 6) is 0.758. The summed E-state index contributed by atoms with van der Waals surface area (Å²) in [7, 11) is 1.68. The van der Waals surface area contributed by atoms with Crippen LogP contribution >= 0.6 is 0 Å². The van der Waals surface area contributed by atoms with Crippen molar-refractivity contribution in [3.8, 4) is 5.88 Å². The van der Waals surface area contributed by atoms with E-state index in [4.69, 9.17) is 4.74 Å². The Labute approximate surface area is 110 Å². The Morgan fingerprint density at radius 3 is 2.33 bits per heavy atom. The van der Waals surface area contributed by atoms with Crippen LogP contribution in [0.25, 0.3) is 0 Å². The van der Waals surface area contributed by atoms with E-state index in [-0.39, 0.29) is 5.54 Å². The van der Waals surface area contributed by atoms with E-state index in [1.54, 1.807) is 7.11 Å². The van der Waals surface area contributed by atoms with Crippen molar-refractivity contribution in [2.45, 2.75) is 52.1 Å². The molecule has 18 heavy (non-hydrogen) atoms. The quantitative estimate of drug-likeness (QED) is 0.809. The third kappa shape index (κ3) is 2.69. The van der Waals surface area contributed by atoms with E-state index < -0.39 is 0 Å². The lowest BCUT2D eigenvalue weighted by Gasteiger charge is -2.40. The maximum atomic E-state index is 5.25. The topological polar surface area (TPSA) is 30.3 Å². The minimum atomic E-state index is 0.280. The second kappa shape index (κ2) is 4.92. The van der Waals surface area contributed by atoms with E-state index in [0.717, 1.165) is 24.5 Å². The lowest BCUT2D eigenvalue weighted by molar-refractivity contribution is 0.0867. The molecule has 0 saturated carbocycles. The minimum Gasteiger partial charge on any atom is -0.480 e. The number of likely N-dealkylation sites (tertiary alicyclic amines) is 1. The van der Waals surface area contributed by atoms with Gasteiger partial charge < -0.3 is 4.74 Å². The molecule has 0 aromatic carbocycles. The molecule has 0 amide bonds. The molecule has 1 saturated heterocycles. The van der Waals surface area contributed by atoms with Gasteiger partial charge in [0.1, 0.15) is 0 Å². The standard InChI is InChI=1S/C14H25N3O/c1-11-10-17(15-13(11)18-5)12-6-8-16(9-7-12)14(2,3)4/h10,12H,6-9H2,1-5H3. The van der Waals surface area contributed by atoms with Crippen molar-refractivity contribution in [1.29, 1.82) is 0 Å². The lowest BCUT2D eigenvalue weighted by atomic mass is 9.98. The Hall–Kier alpha value is -1.03. The number of piperidine rings is 1. The van der Waals surface area contributed by atoms with Crippen molar-refractivity contribution in [2.75, 3.05) is 20.2 Å². The molecule has 0 spiro atoms. The van der Waals surface area contributed by atoms with Crippen LogP contribution in [-0.4, -0.2) is 40.4 Å². The summed E-state index contributed by atoms with van der Waals surface area (Å²) in [5, 5.41) is 4.52. The van der Waals surface area contributed by atoms with E-state index in [1.165, 1.54) is 12.8 Å². The van der Waals surface area contributed by atoms with Crippen molar-refractivity contribution in [2.24, 2.45) is 0 Å². The van der Waals surface area contributed by atoms with Crippen LogP contribution in [0.4, 0.5) is 0 Å². The minimum absolute atomic E-state index is 0.280. The molecule has 0 N–H and O–H groups in total. The molecule has 102 valence electrons. The molecule has 4 heteroatoms. The highest BCUT2D eigenvalue weighted by molar-refractivity contribution is 5.21. The number of aromatic nitrogens is 2. The van der Waals surface area contributed by atoms with Crippen molar-refractivity contribution in [3.63, 3.8) is 0 Å². The zero-order valence-electron chi connectivity index (χ0n) is 12.2. The van der Waals surface area contributed by atoms with Gasteiger partial charge in [-0.25, -0.2) is 0 Å². The monoisotopic (exact) mass is 251 g/mol. The average molecular weight is 251 g/mol. The molecule has 4 nitrogen and oxygen atoms in total. The Balaban J connectivity index is 2.01. The second-order valence-corrected chi connectivity index (χ2v) is 6.19. The largest absolute Gasteiger partial charge is 0.480 e. The van der Waals surface area contributed by atoms with Crippen LogP contribution in [0.3, 0.4) is 0 Å². The SMILES string of the molecule is COc1nn(C2CCN(C(C)(C)C)CC2)cc1C. The van der Waals surface area contributed by atoms with Gasteiger partial charge in [-0.2, -0.15) is 0 Å². The molecule has 2 rings (SSSR count). The summed E-state index contributed by atoms with van der Waals surface area (Å²) in [6.07, 6.45) is 4.44. The molecule has 0 unspecified atom stereocenters. The Kier molecular flexibility index (Phi) is 3.66. The van der Waals surface area contributed by atoms with E-state index in [2.05, 4.69) is 41.6 Å².